The Kier molecular flexibility index (Phi) is 6.65. The molecule has 1 atom stereocenters. The van der Waals surface area contributed by atoms with E-state index >= 15 is 0 Å². The summed E-state index contributed by atoms with van der Waals surface area (Å²) in [5, 5.41) is 10.4. The molecular formula is C27H33N7O3. The van der Waals surface area contributed by atoms with Crippen molar-refractivity contribution >= 4 is 28.6 Å². The summed E-state index contributed by atoms with van der Waals surface area (Å²) in [6, 6.07) is 9.78. The molecule has 0 bridgehead atoms. The molecule has 0 radical (unpaired) electrons. The van der Waals surface area contributed by atoms with Crippen LogP contribution in [0.1, 0.15) is 33.3 Å². The number of carbonyl (C=O) groups is 1. The fourth-order valence-electron chi connectivity index (χ4n) is 4.98. The van der Waals surface area contributed by atoms with Crippen LogP contribution in [0.3, 0.4) is 0 Å². The first-order valence-corrected chi connectivity index (χ1v) is 12.7. The van der Waals surface area contributed by atoms with Crippen molar-refractivity contribution in [3.63, 3.8) is 0 Å². The van der Waals surface area contributed by atoms with Gasteiger partial charge < -0.3 is 24.2 Å². The van der Waals surface area contributed by atoms with Gasteiger partial charge in [-0.05, 0) is 45.9 Å². The lowest BCUT2D eigenvalue weighted by molar-refractivity contribution is 0.0218. The Morgan fingerprint density at radius 1 is 1.16 bits per heavy atom. The summed E-state index contributed by atoms with van der Waals surface area (Å²) < 4.78 is 13.3. The minimum Gasteiger partial charge on any atom is -0.444 e. The number of rotatable bonds is 3. The smallest absolute Gasteiger partial charge is 0.410 e. The zero-order chi connectivity index (χ0) is 26.2. The van der Waals surface area contributed by atoms with Crippen LogP contribution in [0, 0.1) is 11.3 Å². The van der Waals surface area contributed by atoms with E-state index in [0.29, 0.717) is 38.4 Å². The summed E-state index contributed by atoms with van der Waals surface area (Å²) in [4.78, 5) is 28.5. The van der Waals surface area contributed by atoms with Gasteiger partial charge in [0, 0.05) is 50.6 Å². The topological polar surface area (TPSA) is 99.8 Å². The quantitative estimate of drug-likeness (QED) is 0.535. The Morgan fingerprint density at radius 2 is 1.95 bits per heavy atom. The molecule has 1 aromatic carbocycles. The van der Waals surface area contributed by atoms with E-state index in [1.54, 1.807) is 17.3 Å². The largest absolute Gasteiger partial charge is 0.444 e. The maximum absolute atomic E-state index is 12.7. The average Bonchev–Trinajstić information content (AvgIpc) is 3.28. The minimum atomic E-state index is -0.533. The van der Waals surface area contributed by atoms with E-state index in [1.807, 2.05) is 43.5 Å². The monoisotopic (exact) mass is 503 g/mol. The van der Waals surface area contributed by atoms with Gasteiger partial charge >= 0.3 is 6.09 Å². The third kappa shape index (κ3) is 5.04. The number of nitriles is 1. The second kappa shape index (κ2) is 9.90. The molecule has 2 aliphatic heterocycles. The summed E-state index contributed by atoms with van der Waals surface area (Å²) in [6.45, 7) is 12.3. The van der Waals surface area contributed by atoms with Crippen molar-refractivity contribution in [1.82, 2.24) is 19.4 Å². The molecule has 0 N–H and O–H groups in total. The molecule has 10 heteroatoms. The zero-order valence-electron chi connectivity index (χ0n) is 21.8. The highest BCUT2D eigenvalue weighted by Crippen LogP contribution is 2.37. The van der Waals surface area contributed by atoms with Gasteiger partial charge in [0.25, 0.3) is 0 Å². The Labute approximate surface area is 217 Å². The number of benzene rings is 1. The fraction of sp³-hybridized carbons (Fsp3) is 0.481. The summed E-state index contributed by atoms with van der Waals surface area (Å²) >= 11 is 0. The van der Waals surface area contributed by atoms with Gasteiger partial charge in [-0.15, -0.1) is 0 Å². The number of piperazine rings is 1. The van der Waals surface area contributed by atoms with Crippen LogP contribution >= 0.6 is 0 Å². The van der Waals surface area contributed by atoms with E-state index in [4.69, 9.17) is 19.4 Å². The molecule has 0 unspecified atom stereocenters. The molecule has 5 rings (SSSR count). The van der Waals surface area contributed by atoms with E-state index < -0.39 is 5.60 Å². The van der Waals surface area contributed by atoms with E-state index in [-0.39, 0.29) is 12.1 Å². The first-order valence-electron chi connectivity index (χ1n) is 12.7. The Hall–Kier alpha value is -3.84. The summed E-state index contributed by atoms with van der Waals surface area (Å²) in [6.07, 6.45) is 3.40. The van der Waals surface area contributed by atoms with Gasteiger partial charge in [0.05, 0.1) is 35.9 Å². The summed E-state index contributed by atoms with van der Waals surface area (Å²) in [5.41, 5.74) is 2.75. The molecule has 1 amide bonds. The number of nitrogens with zero attached hydrogens (tertiary/aromatic N) is 7. The molecule has 2 aromatic heterocycles. The minimum absolute atomic E-state index is 0.0298. The normalized spacial score (nSPS) is 18.7. The number of hydrogen-bond acceptors (Lipinski definition) is 8. The molecule has 4 heterocycles. The Bertz CT molecular complexity index is 1330. The SMILES string of the molecule is C[C@H]1CN(C(=O)OC(C)(C)C)CCN1c1ncnc2c1c(N1CCOCC1)cn2-c1cccc(C#N)c1. The number of amides is 1. The van der Waals surface area contributed by atoms with Crippen LogP contribution in [0.15, 0.2) is 36.8 Å². The lowest BCUT2D eigenvalue weighted by Gasteiger charge is -2.41. The molecule has 2 fully saturated rings. The van der Waals surface area contributed by atoms with Crippen LogP contribution in [-0.2, 0) is 9.47 Å². The number of ether oxygens (including phenoxy) is 2. The highest BCUT2D eigenvalue weighted by molar-refractivity contribution is 6.01. The van der Waals surface area contributed by atoms with Crippen molar-refractivity contribution < 1.29 is 14.3 Å². The Balaban J connectivity index is 1.55. The van der Waals surface area contributed by atoms with E-state index in [1.165, 1.54) is 0 Å². The van der Waals surface area contributed by atoms with Crippen molar-refractivity contribution in [1.29, 1.82) is 5.26 Å². The van der Waals surface area contributed by atoms with Gasteiger partial charge in [-0.2, -0.15) is 5.26 Å². The Morgan fingerprint density at radius 3 is 2.65 bits per heavy atom. The third-order valence-electron chi connectivity index (χ3n) is 6.70. The molecule has 194 valence electrons. The van der Waals surface area contributed by atoms with Crippen LogP contribution < -0.4 is 9.80 Å². The number of hydrogen-bond donors (Lipinski definition) is 0. The molecule has 0 saturated carbocycles. The standard InChI is InChI=1S/C27H33N7O3/c1-19-16-32(26(35)37-27(2,3)4)8-9-33(19)24-23-22(31-10-12-36-13-11-31)17-34(25(23)30-18-29-24)21-7-5-6-20(14-21)15-28/h5-7,14,17-19H,8-13,16H2,1-4H3/t19-/m0/s1. The average molecular weight is 504 g/mol. The van der Waals surface area contributed by atoms with Gasteiger partial charge in [-0.25, -0.2) is 14.8 Å². The van der Waals surface area contributed by atoms with E-state index in [0.717, 1.165) is 41.3 Å². The van der Waals surface area contributed by atoms with Gasteiger partial charge in [-0.3, -0.25) is 4.57 Å². The molecular weight excluding hydrogens is 470 g/mol. The lowest BCUT2D eigenvalue weighted by Crippen LogP contribution is -2.55. The molecule has 10 nitrogen and oxygen atoms in total. The van der Waals surface area contributed by atoms with Crippen LogP contribution in [0.25, 0.3) is 16.7 Å². The van der Waals surface area contributed by atoms with E-state index in [2.05, 4.69) is 29.0 Å². The van der Waals surface area contributed by atoms with Crippen molar-refractivity contribution in [2.75, 3.05) is 55.7 Å². The van der Waals surface area contributed by atoms with E-state index in [9.17, 15) is 10.1 Å². The van der Waals surface area contributed by atoms with Gasteiger partial charge in [0.1, 0.15) is 17.7 Å². The second-order valence-electron chi connectivity index (χ2n) is 10.5. The van der Waals surface area contributed by atoms with Crippen LogP contribution in [0.5, 0.6) is 0 Å². The molecule has 2 saturated heterocycles. The molecule has 3 aromatic rings. The van der Waals surface area contributed by atoms with Crippen molar-refractivity contribution in [2.45, 2.75) is 39.3 Å². The van der Waals surface area contributed by atoms with Crippen molar-refractivity contribution in [3.05, 3.63) is 42.4 Å². The first-order chi connectivity index (χ1) is 17.7. The zero-order valence-corrected chi connectivity index (χ0v) is 21.8. The molecule has 0 spiro atoms. The molecule has 0 aliphatic carbocycles. The molecule has 2 aliphatic rings. The maximum Gasteiger partial charge on any atom is 0.410 e. The first kappa shape index (κ1) is 24.8. The van der Waals surface area contributed by atoms with Crippen LogP contribution in [0.4, 0.5) is 16.3 Å². The van der Waals surface area contributed by atoms with Crippen molar-refractivity contribution in [3.8, 4) is 11.8 Å². The third-order valence-corrected chi connectivity index (χ3v) is 6.70. The highest BCUT2D eigenvalue weighted by Gasteiger charge is 2.33. The fourth-order valence-corrected chi connectivity index (χ4v) is 4.98. The van der Waals surface area contributed by atoms with Gasteiger partial charge in [0.15, 0.2) is 5.65 Å². The second-order valence-corrected chi connectivity index (χ2v) is 10.5. The number of morpholine rings is 1. The van der Waals surface area contributed by atoms with Gasteiger partial charge in [0.2, 0.25) is 0 Å². The summed E-state index contributed by atoms with van der Waals surface area (Å²) in [5.74, 6) is 0.845. The maximum atomic E-state index is 12.7. The molecule has 37 heavy (non-hydrogen) atoms. The van der Waals surface area contributed by atoms with Crippen LogP contribution in [-0.4, -0.2) is 83.1 Å². The number of aromatic nitrogens is 3. The number of anilines is 2. The van der Waals surface area contributed by atoms with Crippen molar-refractivity contribution in [2.24, 2.45) is 0 Å². The number of fused-ring (bicyclic) bond motifs is 1. The highest BCUT2D eigenvalue weighted by atomic mass is 16.6. The summed E-state index contributed by atoms with van der Waals surface area (Å²) in [7, 11) is 0. The number of carbonyl (C=O) groups excluding carboxylic acids is 1. The predicted octanol–water partition coefficient (Wildman–Crippen LogP) is 3.57. The lowest BCUT2D eigenvalue weighted by atomic mass is 10.1. The predicted molar refractivity (Wildman–Crippen MR) is 141 cm³/mol. The van der Waals surface area contributed by atoms with Crippen LogP contribution in [0.2, 0.25) is 0 Å². The van der Waals surface area contributed by atoms with Gasteiger partial charge in [-0.1, -0.05) is 6.07 Å².